The third kappa shape index (κ3) is 5.36. The van der Waals surface area contributed by atoms with Crippen molar-refractivity contribution in [2.45, 2.75) is 25.2 Å². The van der Waals surface area contributed by atoms with Crippen molar-refractivity contribution in [3.63, 3.8) is 0 Å². The third-order valence-corrected chi connectivity index (χ3v) is 8.97. The monoisotopic (exact) mass is 543 g/mol. The molecule has 0 unspecified atom stereocenters. The van der Waals surface area contributed by atoms with Crippen molar-refractivity contribution < 1.29 is 14.3 Å². The Morgan fingerprint density at radius 1 is 0.974 bits per heavy atom. The minimum Gasteiger partial charge on any atom is -0.497 e. The summed E-state index contributed by atoms with van der Waals surface area (Å²) in [5, 5.41) is 4.03. The predicted octanol–water partition coefficient (Wildman–Crippen LogP) is 4.54. The number of nitrogens with zero attached hydrogens (tertiary/aromatic N) is 4. The molecule has 0 bridgehead atoms. The number of hydrogen-bond donors (Lipinski definition) is 1. The second kappa shape index (κ2) is 11.1. The summed E-state index contributed by atoms with van der Waals surface area (Å²) in [6, 6.07) is 16.1. The van der Waals surface area contributed by atoms with Gasteiger partial charge in [-0.3, -0.25) is 9.59 Å². The first-order chi connectivity index (χ1) is 19.1. The number of aromatic amines is 1. The number of aromatic nitrogens is 2. The van der Waals surface area contributed by atoms with E-state index in [1.165, 1.54) is 0 Å². The Kier molecular flexibility index (Phi) is 7.24. The van der Waals surface area contributed by atoms with E-state index in [1.54, 1.807) is 18.4 Å². The largest absolute Gasteiger partial charge is 0.497 e. The normalized spacial score (nSPS) is 16.6. The first-order valence-electron chi connectivity index (χ1n) is 13.6. The second-order valence-electron chi connectivity index (χ2n) is 10.2. The summed E-state index contributed by atoms with van der Waals surface area (Å²) in [7, 11) is 1.67. The molecule has 1 N–H and O–H groups in total. The first kappa shape index (κ1) is 25.4. The molecule has 2 aromatic carbocycles. The van der Waals surface area contributed by atoms with E-state index in [2.05, 4.69) is 28.1 Å². The zero-order chi connectivity index (χ0) is 26.8. The van der Waals surface area contributed by atoms with Crippen molar-refractivity contribution in [1.82, 2.24) is 19.8 Å². The van der Waals surface area contributed by atoms with Crippen molar-refractivity contribution in [3.05, 3.63) is 76.4 Å². The topological polar surface area (TPSA) is 81.8 Å². The first-order valence-corrected chi connectivity index (χ1v) is 14.4. The van der Waals surface area contributed by atoms with Crippen LogP contribution in [-0.4, -0.2) is 78.0 Å². The van der Waals surface area contributed by atoms with Crippen LogP contribution in [0.3, 0.4) is 0 Å². The minimum absolute atomic E-state index is 0.0122. The third-order valence-electron chi connectivity index (χ3n) is 7.96. The average Bonchev–Trinajstić information content (AvgIpc) is 3.65. The number of nitrogens with one attached hydrogen (secondary N) is 1. The lowest BCUT2D eigenvalue weighted by Gasteiger charge is -2.35. The van der Waals surface area contributed by atoms with Crippen LogP contribution in [0.15, 0.2) is 60.1 Å². The molecule has 6 rings (SSSR count). The smallest absolute Gasteiger partial charge is 0.273 e. The van der Waals surface area contributed by atoms with E-state index in [9.17, 15) is 9.59 Å². The van der Waals surface area contributed by atoms with Crippen LogP contribution in [0.2, 0.25) is 0 Å². The zero-order valence-corrected chi connectivity index (χ0v) is 23.0. The zero-order valence-electron chi connectivity index (χ0n) is 22.1. The minimum atomic E-state index is 0.0122. The molecule has 2 fully saturated rings. The number of ether oxygens (including phenoxy) is 1. The fraction of sp³-hybridized carbons (Fsp3) is 0.367. The number of benzene rings is 2. The predicted molar refractivity (Wildman–Crippen MR) is 154 cm³/mol. The Labute approximate surface area is 232 Å². The summed E-state index contributed by atoms with van der Waals surface area (Å²) in [5.74, 6) is 1.32. The van der Waals surface area contributed by atoms with Gasteiger partial charge in [-0.1, -0.05) is 18.2 Å². The van der Waals surface area contributed by atoms with Crippen molar-refractivity contribution in [1.29, 1.82) is 0 Å². The van der Waals surface area contributed by atoms with E-state index in [-0.39, 0.29) is 11.8 Å². The Hall–Kier alpha value is -3.85. The van der Waals surface area contributed by atoms with E-state index >= 15 is 0 Å². The maximum atomic E-state index is 13.2. The number of rotatable bonds is 6. The summed E-state index contributed by atoms with van der Waals surface area (Å²) >= 11 is 1.58. The molecule has 2 aliphatic rings. The summed E-state index contributed by atoms with van der Waals surface area (Å²) in [5.41, 5.74) is 3.80. The van der Waals surface area contributed by atoms with Gasteiger partial charge in [0.2, 0.25) is 5.91 Å². The fourth-order valence-electron chi connectivity index (χ4n) is 5.62. The van der Waals surface area contributed by atoms with Gasteiger partial charge in [-0.2, -0.15) is 0 Å². The highest BCUT2D eigenvalue weighted by Gasteiger charge is 2.28. The van der Waals surface area contributed by atoms with Crippen LogP contribution in [-0.2, 0) is 11.2 Å². The van der Waals surface area contributed by atoms with E-state index in [0.717, 1.165) is 71.9 Å². The molecule has 0 radical (unpaired) electrons. The number of carbonyl (C=O) groups excluding carboxylic acids is 2. The SMILES string of the molecule is COc1ccc(N2CCN(C(=O)c3csc(C4CCN(C(=O)Cc5c[nH]c6ccccc56)CC4)n3)CC2)cc1. The molecule has 2 aliphatic heterocycles. The fourth-order valence-corrected chi connectivity index (χ4v) is 6.59. The van der Waals surface area contributed by atoms with E-state index in [0.29, 0.717) is 31.1 Å². The van der Waals surface area contributed by atoms with Crippen LogP contribution < -0.4 is 9.64 Å². The van der Waals surface area contributed by atoms with Gasteiger partial charge in [-0.05, 0) is 48.7 Å². The van der Waals surface area contributed by atoms with Crippen molar-refractivity contribution in [3.8, 4) is 5.75 Å². The highest BCUT2D eigenvalue weighted by molar-refractivity contribution is 7.09. The highest BCUT2D eigenvalue weighted by Crippen LogP contribution is 2.31. The number of H-pyrrole nitrogens is 1. The Morgan fingerprint density at radius 2 is 1.72 bits per heavy atom. The maximum Gasteiger partial charge on any atom is 0.273 e. The Bertz CT molecular complexity index is 1450. The molecular weight excluding hydrogens is 510 g/mol. The summed E-state index contributed by atoms with van der Waals surface area (Å²) in [4.78, 5) is 40.4. The van der Waals surface area contributed by atoms with Crippen molar-refractivity contribution in [2.75, 3.05) is 51.3 Å². The van der Waals surface area contributed by atoms with Gasteiger partial charge >= 0.3 is 0 Å². The number of piperazine rings is 1. The number of carbonyl (C=O) groups is 2. The van der Waals surface area contributed by atoms with Crippen LogP contribution in [0.25, 0.3) is 10.9 Å². The molecule has 4 aromatic rings. The van der Waals surface area contributed by atoms with Crippen LogP contribution in [0.4, 0.5) is 5.69 Å². The molecule has 0 atom stereocenters. The molecule has 0 aliphatic carbocycles. The molecule has 8 nitrogen and oxygen atoms in total. The Morgan fingerprint density at radius 3 is 2.46 bits per heavy atom. The quantitative estimate of drug-likeness (QED) is 0.386. The summed E-state index contributed by atoms with van der Waals surface area (Å²) in [6.45, 7) is 4.38. The maximum absolute atomic E-state index is 13.2. The van der Waals surface area contributed by atoms with E-state index in [4.69, 9.17) is 9.72 Å². The number of methoxy groups -OCH3 is 1. The molecule has 39 heavy (non-hydrogen) atoms. The molecule has 2 aromatic heterocycles. The lowest BCUT2D eigenvalue weighted by Crippen LogP contribution is -2.48. The number of likely N-dealkylation sites (tertiary alicyclic amines) is 1. The number of hydrogen-bond acceptors (Lipinski definition) is 6. The summed E-state index contributed by atoms with van der Waals surface area (Å²) < 4.78 is 5.25. The van der Waals surface area contributed by atoms with Gasteiger partial charge < -0.3 is 24.4 Å². The van der Waals surface area contributed by atoms with Gasteiger partial charge in [-0.25, -0.2) is 4.98 Å². The van der Waals surface area contributed by atoms with Gasteiger partial charge in [0.05, 0.1) is 18.5 Å². The highest BCUT2D eigenvalue weighted by atomic mass is 32.1. The van der Waals surface area contributed by atoms with Crippen LogP contribution in [0.5, 0.6) is 5.75 Å². The molecule has 4 heterocycles. The molecular formula is C30H33N5O3S. The van der Waals surface area contributed by atoms with Gasteiger partial charge in [0.25, 0.3) is 5.91 Å². The van der Waals surface area contributed by atoms with Crippen LogP contribution in [0.1, 0.15) is 39.8 Å². The number of fused-ring (bicyclic) bond motifs is 1. The number of amides is 2. The summed E-state index contributed by atoms with van der Waals surface area (Å²) in [6.07, 6.45) is 4.11. The lowest BCUT2D eigenvalue weighted by atomic mass is 9.97. The number of para-hydroxylation sites is 1. The average molecular weight is 544 g/mol. The lowest BCUT2D eigenvalue weighted by molar-refractivity contribution is -0.131. The van der Waals surface area contributed by atoms with E-state index in [1.807, 2.05) is 51.7 Å². The van der Waals surface area contributed by atoms with Crippen molar-refractivity contribution >= 4 is 39.7 Å². The molecule has 2 saturated heterocycles. The molecule has 202 valence electrons. The van der Waals surface area contributed by atoms with Gasteiger partial charge in [0.15, 0.2) is 0 Å². The van der Waals surface area contributed by atoms with Crippen LogP contribution in [0, 0.1) is 0 Å². The molecule has 2 amide bonds. The Balaban J connectivity index is 1.00. The number of anilines is 1. The standard InChI is InChI=1S/C30H33N5O3S/c1-38-24-8-6-23(7-9-24)33-14-16-35(17-15-33)30(37)27-20-39-29(32-27)21-10-12-34(13-11-21)28(36)18-22-19-31-26-5-3-2-4-25(22)26/h2-9,19-21,31H,10-18H2,1H3. The molecule has 0 saturated carbocycles. The molecule has 9 heteroatoms. The van der Waals surface area contributed by atoms with Gasteiger partial charge in [-0.15, -0.1) is 11.3 Å². The van der Waals surface area contributed by atoms with Gasteiger partial charge in [0, 0.05) is 73.4 Å². The number of thiazole rings is 1. The van der Waals surface area contributed by atoms with Gasteiger partial charge in [0.1, 0.15) is 11.4 Å². The molecule has 0 spiro atoms. The van der Waals surface area contributed by atoms with Crippen LogP contribution >= 0.6 is 11.3 Å². The van der Waals surface area contributed by atoms with E-state index < -0.39 is 0 Å². The second-order valence-corrected chi connectivity index (χ2v) is 11.1. The number of piperidine rings is 1. The van der Waals surface area contributed by atoms with Crippen molar-refractivity contribution in [2.24, 2.45) is 0 Å².